The van der Waals surface area contributed by atoms with E-state index < -0.39 is 0 Å². The monoisotopic (exact) mass is 329 g/mol. The molecule has 8 nitrogen and oxygen atoms in total. The van der Waals surface area contributed by atoms with Crippen molar-refractivity contribution in [2.75, 3.05) is 48.8 Å². The van der Waals surface area contributed by atoms with Crippen molar-refractivity contribution < 1.29 is 5.21 Å². The summed E-state index contributed by atoms with van der Waals surface area (Å²) < 4.78 is 0. The maximum absolute atomic E-state index is 9.00. The number of hydrogen-bond donors (Lipinski definition) is 3. The average molecular weight is 329 g/mol. The van der Waals surface area contributed by atoms with Crippen molar-refractivity contribution in [2.24, 2.45) is 0 Å². The molecule has 0 saturated carbocycles. The molecule has 2 aromatic rings. The fourth-order valence-electron chi connectivity index (χ4n) is 2.91. The molecule has 1 saturated heterocycles. The Morgan fingerprint density at radius 1 is 1.25 bits per heavy atom. The van der Waals surface area contributed by atoms with Gasteiger partial charge in [0.15, 0.2) is 11.6 Å². The number of anilines is 3. The van der Waals surface area contributed by atoms with Gasteiger partial charge in [-0.05, 0) is 25.1 Å². The van der Waals surface area contributed by atoms with Crippen LogP contribution in [0.5, 0.6) is 0 Å². The second kappa shape index (κ2) is 7.41. The van der Waals surface area contributed by atoms with E-state index in [0.717, 1.165) is 44.1 Å². The van der Waals surface area contributed by atoms with E-state index >= 15 is 0 Å². The van der Waals surface area contributed by atoms with Gasteiger partial charge in [0.25, 0.3) is 0 Å². The minimum absolute atomic E-state index is 0.362. The Kier molecular flexibility index (Phi) is 5.07. The quantitative estimate of drug-likeness (QED) is 0.708. The third kappa shape index (κ3) is 3.55. The highest BCUT2D eigenvalue weighted by Crippen LogP contribution is 2.25. The largest absolute Gasteiger partial charge is 0.381 e. The van der Waals surface area contributed by atoms with Crippen LogP contribution in [0.25, 0.3) is 11.3 Å². The molecular weight excluding hydrogens is 306 g/mol. The molecule has 128 valence electrons. The maximum Gasteiger partial charge on any atom is 0.172 e. The molecule has 0 bridgehead atoms. The number of hydrogen-bond acceptors (Lipinski definition) is 8. The summed E-state index contributed by atoms with van der Waals surface area (Å²) in [5.41, 5.74) is 9.62. The number of nitrogen functional groups attached to an aromatic ring is 1. The molecule has 0 unspecified atom stereocenters. The minimum atomic E-state index is 0.362. The van der Waals surface area contributed by atoms with Crippen LogP contribution >= 0.6 is 0 Å². The molecule has 1 aliphatic rings. The summed E-state index contributed by atoms with van der Waals surface area (Å²) in [4.78, 5) is 17.6. The van der Waals surface area contributed by atoms with Crippen molar-refractivity contribution in [3.63, 3.8) is 0 Å². The van der Waals surface area contributed by atoms with Gasteiger partial charge < -0.3 is 10.6 Å². The third-order valence-corrected chi connectivity index (χ3v) is 4.16. The van der Waals surface area contributed by atoms with Crippen LogP contribution < -0.4 is 16.1 Å². The summed E-state index contributed by atoms with van der Waals surface area (Å²) in [7, 11) is 0. The Labute approximate surface area is 141 Å². The van der Waals surface area contributed by atoms with E-state index in [1.54, 1.807) is 18.5 Å². The van der Waals surface area contributed by atoms with Crippen molar-refractivity contribution in [1.29, 1.82) is 0 Å². The number of rotatable bonds is 5. The van der Waals surface area contributed by atoms with E-state index in [1.807, 2.05) is 11.5 Å². The average Bonchev–Trinajstić information content (AvgIpc) is 2.63. The Morgan fingerprint density at radius 3 is 2.75 bits per heavy atom. The molecule has 0 radical (unpaired) electrons. The first-order valence-corrected chi connectivity index (χ1v) is 8.17. The number of aromatic nitrogens is 3. The van der Waals surface area contributed by atoms with Gasteiger partial charge in [-0.15, -0.1) is 0 Å². The van der Waals surface area contributed by atoms with Gasteiger partial charge in [-0.1, -0.05) is 6.92 Å². The first-order chi connectivity index (χ1) is 11.7. The fraction of sp³-hybridized carbons (Fsp3) is 0.438. The zero-order chi connectivity index (χ0) is 16.9. The number of nitrogens with one attached hydrogen (secondary N) is 1. The summed E-state index contributed by atoms with van der Waals surface area (Å²) in [6.07, 6.45) is 4.42. The minimum Gasteiger partial charge on any atom is -0.381 e. The van der Waals surface area contributed by atoms with Crippen molar-refractivity contribution >= 4 is 17.5 Å². The molecule has 0 aliphatic carbocycles. The van der Waals surface area contributed by atoms with Crippen molar-refractivity contribution in [3.05, 3.63) is 24.5 Å². The summed E-state index contributed by atoms with van der Waals surface area (Å²) in [5, 5.41) is 9.00. The number of nitrogens with two attached hydrogens (primary N) is 1. The number of nitrogens with zero attached hydrogens (tertiary/aromatic N) is 5. The van der Waals surface area contributed by atoms with Crippen LogP contribution in [0.15, 0.2) is 24.5 Å². The first kappa shape index (κ1) is 16.4. The Bertz CT molecular complexity index is 686. The van der Waals surface area contributed by atoms with E-state index in [9.17, 15) is 0 Å². The van der Waals surface area contributed by atoms with Crippen LogP contribution in [0.2, 0.25) is 0 Å². The molecule has 1 aliphatic heterocycles. The molecule has 24 heavy (non-hydrogen) atoms. The van der Waals surface area contributed by atoms with Crippen LogP contribution in [0.1, 0.15) is 13.3 Å². The highest BCUT2D eigenvalue weighted by atomic mass is 16.5. The molecule has 3 rings (SSSR count). The summed E-state index contributed by atoms with van der Waals surface area (Å²) >= 11 is 0. The van der Waals surface area contributed by atoms with Gasteiger partial charge >= 0.3 is 0 Å². The first-order valence-electron chi connectivity index (χ1n) is 8.17. The second-order valence-corrected chi connectivity index (χ2v) is 5.83. The fourth-order valence-corrected chi connectivity index (χ4v) is 2.91. The summed E-state index contributed by atoms with van der Waals surface area (Å²) in [5.74, 6) is 1.53. The topological polar surface area (TPSA) is 103 Å². The SMILES string of the molecule is CCCN1CCN(c2nc(-c3ccnc(NO)c3)cnc2N)CC1. The van der Waals surface area contributed by atoms with E-state index in [4.69, 9.17) is 15.9 Å². The Hall–Kier alpha value is -2.45. The van der Waals surface area contributed by atoms with Gasteiger partial charge in [-0.3, -0.25) is 15.6 Å². The van der Waals surface area contributed by atoms with Gasteiger partial charge in [0.1, 0.15) is 5.82 Å². The predicted octanol–water partition coefficient (Wildman–Crippen LogP) is 1.45. The number of piperazine rings is 1. The predicted molar refractivity (Wildman–Crippen MR) is 94.0 cm³/mol. The molecule has 3 heterocycles. The van der Waals surface area contributed by atoms with Crippen LogP contribution in [0.4, 0.5) is 17.5 Å². The second-order valence-electron chi connectivity index (χ2n) is 5.83. The number of pyridine rings is 1. The summed E-state index contributed by atoms with van der Waals surface area (Å²) in [6, 6.07) is 3.53. The molecule has 8 heteroatoms. The van der Waals surface area contributed by atoms with Gasteiger partial charge in [0.2, 0.25) is 0 Å². The highest BCUT2D eigenvalue weighted by Gasteiger charge is 2.20. The Morgan fingerprint density at radius 2 is 2.04 bits per heavy atom. The Balaban J connectivity index is 1.82. The lowest BCUT2D eigenvalue weighted by molar-refractivity contribution is 0.258. The molecule has 0 aromatic carbocycles. The molecule has 1 fully saturated rings. The van der Waals surface area contributed by atoms with Gasteiger partial charge in [0, 0.05) is 37.9 Å². The van der Waals surface area contributed by atoms with Crippen LogP contribution in [0, 0.1) is 0 Å². The molecule has 4 N–H and O–H groups in total. The third-order valence-electron chi connectivity index (χ3n) is 4.16. The van der Waals surface area contributed by atoms with Crippen molar-refractivity contribution in [1.82, 2.24) is 19.9 Å². The smallest absolute Gasteiger partial charge is 0.172 e. The van der Waals surface area contributed by atoms with Crippen LogP contribution in [0.3, 0.4) is 0 Å². The zero-order valence-electron chi connectivity index (χ0n) is 13.8. The summed E-state index contributed by atoms with van der Waals surface area (Å²) in [6.45, 7) is 7.12. The van der Waals surface area contributed by atoms with E-state index in [1.165, 1.54) is 6.42 Å². The van der Waals surface area contributed by atoms with Crippen LogP contribution in [-0.4, -0.2) is 57.8 Å². The maximum atomic E-state index is 9.00. The van der Waals surface area contributed by atoms with Crippen molar-refractivity contribution in [2.45, 2.75) is 13.3 Å². The van der Waals surface area contributed by atoms with E-state index in [2.05, 4.69) is 26.7 Å². The van der Waals surface area contributed by atoms with Crippen molar-refractivity contribution in [3.8, 4) is 11.3 Å². The van der Waals surface area contributed by atoms with Gasteiger partial charge in [-0.25, -0.2) is 15.0 Å². The molecule has 2 aromatic heterocycles. The standard InChI is InChI=1S/C16H23N7O/c1-2-5-22-6-8-23(9-7-22)16-15(17)19-11-13(20-16)12-3-4-18-14(10-12)21-24/h3-4,10-11,24H,2,5-9H2,1H3,(H2,17,19)(H,18,21). The zero-order valence-corrected chi connectivity index (χ0v) is 13.8. The van der Waals surface area contributed by atoms with E-state index in [-0.39, 0.29) is 0 Å². The molecular formula is C16H23N7O. The van der Waals surface area contributed by atoms with Gasteiger partial charge in [0.05, 0.1) is 11.9 Å². The highest BCUT2D eigenvalue weighted by molar-refractivity contribution is 5.67. The molecule has 0 atom stereocenters. The molecule has 0 spiro atoms. The lowest BCUT2D eigenvalue weighted by Gasteiger charge is -2.35. The lowest BCUT2D eigenvalue weighted by atomic mass is 10.2. The van der Waals surface area contributed by atoms with E-state index in [0.29, 0.717) is 17.3 Å². The molecule has 0 amide bonds. The van der Waals surface area contributed by atoms with Crippen LogP contribution in [-0.2, 0) is 0 Å². The normalized spacial score (nSPS) is 15.5. The lowest BCUT2D eigenvalue weighted by Crippen LogP contribution is -2.47. The van der Waals surface area contributed by atoms with Gasteiger partial charge in [-0.2, -0.15) is 0 Å².